The summed E-state index contributed by atoms with van der Waals surface area (Å²) < 4.78 is 19.5. The molecule has 0 spiro atoms. The predicted octanol–water partition coefficient (Wildman–Crippen LogP) is 1.50. The van der Waals surface area contributed by atoms with Crippen molar-refractivity contribution in [1.82, 2.24) is 9.55 Å². The van der Waals surface area contributed by atoms with Crippen LogP contribution in [0.2, 0.25) is 0 Å². The number of furan rings is 1. The van der Waals surface area contributed by atoms with Gasteiger partial charge in [-0.25, -0.2) is 9.18 Å². The van der Waals surface area contributed by atoms with E-state index in [0.29, 0.717) is 11.4 Å². The Bertz CT molecular complexity index is 974. The molecule has 8 heteroatoms. The molecule has 0 unspecified atom stereocenters. The highest BCUT2D eigenvalue weighted by Crippen LogP contribution is 2.19. The van der Waals surface area contributed by atoms with Gasteiger partial charge in [0.25, 0.3) is 5.56 Å². The zero-order valence-corrected chi connectivity index (χ0v) is 13.0. The Morgan fingerprint density at radius 2 is 1.92 bits per heavy atom. The minimum Gasteiger partial charge on any atom is -0.467 e. The van der Waals surface area contributed by atoms with E-state index in [1.807, 2.05) is 0 Å². The van der Waals surface area contributed by atoms with Gasteiger partial charge >= 0.3 is 5.69 Å². The second kappa shape index (κ2) is 7.00. The van der Waals surface area contributed by atoms with Gasteiger partial charge < -0.3 is 9.32 Å². The molecule has 1 amide bonds. The molecular formula is C17H14FN3O4. The molecule has 0 radical (unpaired) electrons. The fourth-order valence-electron chi connectivity index (χ4n) is 2.30. The van der Waals surface area contributed by atoms with E-state index < -0.39 is 23.0 Å². The number of hydrogen-bond acceptors (Lipinski definition) is 4. The summed E-state index contributed by atoms with van der Waals surface area (Å²) in [6.07, 6.45) is 2.73. The highest BCUT2D eigenvalue weighted by Gasteiger charge is 2.18. The van der Waals surface area contributed by atoms with Crippen LogP contribution < -0.4 is 16.1 Å². The summed E-state index contributed by atoms with van der Waals surface area (Å²) in [5.41, 5.74) is -0.766. The molecule has 0 aliphatic heterocycles. The van der Waals surface area contributed by atoms with Crippen LogP contribution in [0.4, 0.5) is 10.1 Å². The first-order chi connectivity index (χ1) is 12.0. The molecular weight excluding hydrogens is 329 g/mol. The number of benzene rings is 1. The monoisotopic (exact) mass is 343 g/mol. The van der Waals surface area contributed by atoms with Crippen molar-refractivity contribution in [2.75, 3.05) is 4.90 Å². The second-order valence-electron chi connectivity index (χ2n) is 5.27. The standard InChI is InChI=1S/C17H14FN3O4/c18-12-3-5-13(6-4-12)21(10-14-2-1-9-25-14)16(23)11-20-8-7-15(22)19-17(20)24/h1-9H,10-11H2,(H,19,22,24). The number of H-pyrrole nitrogens is 1. The van der Waals surface area contributed by atoms with Gasteiger partial charge in [-0.3, -0.25) is 19.1 Å². The third kappa shape index (κ3) is 3.92. The molecule has 128 valence electrons. The van der Waals surface area contributed by atoms with Gasteiger partial charge in [0.1, 0.15) is 18.1 Å². The van der Waals surface area contributed by atoms with Gasteiger partial charge in [0.2, 0.25) is 5.91 Å². The van der Waals surface area contributed by atoms with Crippen molar-refractivity contribution in [3.05, 3.63) is 87.3 Å². The Morgan fingerprint density at radius 1 is 1.16 bits per heavy atom. The largest absolute Gasteiger partial charge is 0.467 e. The molecule has 2 aromatic heterocycles. The molecule has 25 heavy (non-hydrogen) atoms. The van der Waals surface area contributed by atoms with Gasteiger partial charge in [-0.2, -0.15) is 0 Å². The van der Waals surface area contributed by atoms with Crippen LogP contribution in [0.25, 0.3) is 0 Å². The van der Waals surface area contributed by atoms with E-state index in [1.54, 1.807) is 12.1 Å². The van der Waals surface area contributed by atoms with Gasteiger partial charge in [0, 0.05) is 18.0 Å². The Labute approximate surface area is 140 Å². The number of hydrogen-bond donors (Lipinski definition) is 1. The van der Waals surface area contributed by atoms with E-state index in [-0.39, 0.29) is 13.1 Å². The number of carbonyl (C=O) groups excluding carboxylic acids is 1. The van der Waals surface area contributed by atoms with Gasteiger partial charge in [-0.1, -0.05) is 0 Å². The van der Waals surface area contributed by atoms with E-state index in [4.69, 9.17) is 4.42 Å². The molecule has 1 N–H and O–H groups in total. The third-order valence-electron chi connectivity index (χ3n) is 3.54. The lowest BCUT2D eigenvalue weighted by Gasteiger charge is -2.22. The van der Waals surface area contributed by atoms with E-state index in [9.17, 15) is 18.8 Å². The number of nitrogens with zero attached hydrogens (tertiary/aromatic N) is 2. The number of halogens is 1. The SMILES string of the molecule is O=C(Cn1ccc(=O)[nH]c1=O)N(Cc1ccco1)c1ccc(F)cc1. The Hall–Kier alpha value is -3.42. The topological polar surface area (TPSA) is 88.3 Å². The Morgan fingerprint density at radius 3 is 2.56 bits per heavy atom. The molecule has 3 aromatic rings. The fraction of sp³-hybridized carbons (Fsp3) is 0.118. The molecule has 0 fully saturated rings. The van der Waals surface area contributed by atoms with Gasteiger partial charge in [-0.15, -0.1) is 0 Å². The van der Waals surface area contributed by atoms with Gasteiger partial charge in [-0.05, 0) is 36.4 Å². The summed E-state index contributed by atoms with van der Waals surface area (Å²) in [6, 6.07) is 9.96. The van der Waals surface area contributed by atoms with E-state index in [1.165, 1.54) is 41.6 Å². The predicted molar refractivity (Wildman–Crippen MR) is 87.6 cm³/mol. The van der Waals surface area contributed by atoms with Crippen LogP contribution in [0.15, 0.2) is 68.9 Å². The van der Waals surface area contributed by atoms with E-state index in [0.717, 1.165) is 10.6 Å². The average Bonchev–Trinajstić information content (AvgIpc) is 3.09. The highest BCUT2D eigenvalue weighted by atomic mass is 19.1. The summed E-state index contributed by atoms with van der Waals surface area (Å²) in [5.74, 6) is -0.311. The van der Waals surface area contributed by atoms with E-state index in [2.05, 4.69) is 4.98 Å². The van der Waals surface area contributed by atoms with Gasteiger partial charge in [0.05, 0.1) is 12.8 Å². The second-order valence-corrected chi connectivity index (χ2v) is 5.27. The maximum absolute atomic E-state index is 13.2. The van der Waals surface area contributed by atoms with Crippen LogP contribution in [0, 0.1) is 5.82 Å². The fourth-order valence-corrected chi connectivity index (χ4v) is 2.30. The molecule has 0 saturated carbocycles. The number of aromatic nitrogens is 2. The lowest BCUT2D eigenvalue weighted by Crippen LogP contribution is -2.38. The minimum atomic E-state index is -0.682. The Kier molecular flexibility index (Phi) is 4.60. The van der Waals surface area contributed by atoms with Crippen molar-refractivity contribution in [2.24, 2.45) is 0 Å². The summed E-state index contributed by atoms with van der Waals surface area (Å²) in [6.45, 7) is -0.163. The molecule has 0 aliphatic rings. The number of nitrogens with one attached hydrogen (secondary N) is 1. The number of anilines is 1. The minimum absolute atomic E-state index is 0.121. The number of amides is 1. The van der Waals surface area contributed by atoms with Crippen molar-refractivity contribution < 1.29 is 13.6 Å². The van der Waals surface area contributed by atoms with Crippen LogP contribution in [0.5, 0.6) is 0 Å². The summed E-state index contributed by atoms with van der Waals surface area (Å²) in [4.78, 5) is 39.0. The van der Waals surface area contributed by atoms with Crippen molar-refractivity contribution in [3.63, 3.8) is 0 Å². The average molecular weight is 343 g/mol. The molecule has 2 heterocycles. The summed E-state index contributed by atoms with van der Waals surface area (Å²) in [7, 11) is 0. The Balaban J connectivity index is 1.89. The lowest BCUT2D eigenvalue weighted by molar-refractivity contribution is -0.119. The lowest BCUT2D eigenvalue weighted by atomic mass is 10.2. The summed E-state index contributed by atoms with van der Waals surface area (Å²) >= 11 is 0. The van der Waals surface area contributed by atoms with Crippen LogP contribution in [-0.2, 0) is 17.9 Å². The smallest absolute Gasteiger partial charge is 0.328 e. The van der Waals surface area contributed by atoms with Crippen LogP contribution in [0.3, 0.4) is 0 Å². The van der Waals surface area contributed by atoms with Crippen LogP contribution >= 0.6 is 0 Å². The van der Waals surface area contributed by atoms with Crippen LogP contribution in [-0.4, -0.2) is 15.5 Å². The van der Waals surface area contributed by atoms with Gasteiger partial charge in [0.15, 0.2) is 0 Å². The molecule has 0 bridgehead atoms. The third-order valence-corrected chi connectivity index (χ3v) is 3.54. The first kappa shape index (κ1) is 16.4. The highest BCUT2D eigenvalue weighted by molar-refractivity contribution is 5.93. The van der Waals surface area contributed by atoms with Crippen molar-refractivity contribution in [1.29, 1.82) is 0 Å². The molecule has 0 saturated heterocycles. The van der Waals surface area contributed by atoms with Crippen molar-refractivity contribution in [2.45, 2.75) is 13.1 Å². The maximum Gasteiger partial charge on any atom is 0.328 e. The molecule has 0 aliphatic carbocycles. The first-order valence-corrected chi connectivity index (χ1v) is 7.41. The molecule has 3 rings (SSSR count). The number of aromatic amines is 1. The number of carbonyl (C=O) groups is 1. The first-order valence-electron chi connectivity index (χ1n) is 7.41. The molecule has 1 aromatic carbocycles. The zero-order valence-electron chi connectivity index (χ0n) is 13.0. The summed E-state index contributed by atoms with van der Waals surface area (Å²) in [5, 5.41) is 0. The molecule has 0 atom stereocenters. The normalized spacial score (nSPS) is 10.6. The van der Waals surface area contributed by atoms with E-state index >= 15 is 0 Å². The van der Waals surface area contributed by atoms with Crippen molar-refractivity contribution in [3.8, 4) is 0 Å². The zero-order chi connectivity index (χ0) is 17.8. The quantitative estimate of drug-likeness (QED) is 0.760. The molecule has 7 nitrogen and oxygen atoms in total. The van der Waals surface area contributed by atoms with Crippen molar-refractivity contribution >= 4 is 11.6 Å². The maximum atomic E-state index is 13.2. The number of rotatable bonds is 5. The van der Waals surface area contributed by atoms with Crippen LogP contribution in [0.1, 0.15) is 5.76 Å².